The summed E-state index contributed by atoms with van der Waals surface area (Å²) in [4.78, 5) is 36.1. The quantitative estimate of drug-likeness (QED) is 0.636. The molecule has 0 fully saturated rings. The van der Waals surface area contributed by atoms with E-state index >= 15 is 0 Å². The van der Waals surface area contributed by atoms with Crippen molar-refractivity contribution in [3.63, 3.8) is 0 Å². The molecule has 1 unspecified atom stereocenters. The van der Waals surface area contributed by atoms with E-state index in [9.17, 15) is 18.8 Å². The second kappa shape index (κ2) is 9.14. The van der Waals surface area contributed by atoms with Crippen LogP contribution < -0.4 is 16.0 Å². The van der Waals surface area contributed by atoms with Gasteiger partial charge in [-0.05, 0) is 49.1 Å². The van der Waals surface area contributed by atoms with Crippen molar-refractivity contribution in [3.8, 4) is 0 Å². The summed E-state index contributed by atoms with van der Waals surface area (Å²) in [6.45, 7) is 1.26. The smallest absolute Gasteiger partial charge is 0.255 e. The van der Waals surface area contributed by atoms with Crippen molar-refractivity contribution in [2.45, 2.75) is 26.2 Å². The standard InChI is InChI=1S/C22H22FN3O3/c1-14(27)24-20-13-16(10-11-17(20)23)22(29)26-19-9-5-4-8-18(19)25-21(28)12-15-6-2-3-7-15/h2,4-6,8-11,13,15H,3,7,12H2,1H3,(H,24,27)(H,25,28)(H,26,29). The summed E-state index contributed by atoms with van der Waals surface area (Å²) in [5.41, 5.74) is 1.01. The van der Waals surface area contributed by atoms with Crippen molar-refractivity contribution in [1.82, 2.24) is 0 Å². The van der Waals surface area contributed by atoms with Gasteiger partial charge in [0.2, 0.25) is 11.8 Å². The second-order valence-electron chi connectivity index (χ2n) is 6.89. The normalized spacial score (nSPS) is 15.0. The van der Waals surface area contributed by atoms with E-state index in [0.29, 0.717) is 17.8 Å². The molecular weight excluding hydrogens is 373 g/mol. The van der Waals surface area contributed by atoms with E-state index in [1.165, 1.54) is 19.1 Å². The Morgan fingerprint density at radius 3 is 2.38 bits per heavy atom. The summed E-state index contributed by atoms with van der Waals surface area (Å²) in [6, 6.07) is 10.6. The maximum absolute atomic E-state index is 13.8. The SMILES string of the molecule is CC(=O)Nc1cc(C(=O)Nc2ccccc2NC(=O)CC2C=CCC2)ccc1F. The zero-order valence-corrected chi connectivity index (χ0v) is 16.0. The van der Waals surface area contributed by atoms with Gasteiger partial charge < -0.3 is 16.0 Å². The highest BCUT2D eigenvalue weighted by atomic mass is 19.1. The van der Waals surface area contributed by atoms with Gasteiger partial charge in [-0.25, -0.2) is 4.39 Å². The Hall–Kier alpha value is -3.48. The van der Waals surface area contributed by atoms with E-state index < -0.39 is 17.6 Å². The minimum atomic E-state index is -0.634. The van der Waals surface area contributed by atoms with E-state index in [0.717, 1.165) is 18.9 Å². The first-order valence-corrected chi connectivity index (χ1v) is 9.36. The number of carbonyl (C=O) groups excluding carboxylic acids is 3. The third-order valence-electron chi connectivity index (χ3n) is 4.55. The lowest BCUT2D eigenvalue weighted by molar-refractivity contribution is -0.117. The van der Waals surface area contributed by atoms with Crippen LogP contribution in [0.4, 0.5) is 21.5 Å². The van der Waals surface area contributed by atoms with Crippen LogP contribution >= 0.6 is 0 Å². The molecule has 3 N–H and O–H groups in total. The number of hydrogen-bond donors (Lipinski definition) is 3. The number of hydrogen-bond acceptors (Lipinski definition) is 3. The van der Waals surface area contributed by atoms with Crippen LogP contribution in [-0.4, -0.2) is 17.7 Å². The number of amides is 3. The summed E-state index contributed by atoms with van der Waals surface area (Å²) >= 11 is 0. The number of carbonyl (C=O) groups is 3. The van der Waals surface area contributed by atoms with Crippen LogP contribution in [0.25, 0.3) is 0 Å². The molecule has 1 aliphatic carbocycles. The van der Waals surface area contributed by atoms with Gasteiger partial charge in [0.05, 0.1) is 17.1 Å². The molecule has 7 heteroatoms. The maximum Gasteiger partial charge on any atom is 0.255 e. The van der Waals surface area contributed by atoms with Crippen LogP contribution in [0.5, 0.6) is 0 Å². The van der Waals surface area contributed by atoms with E-state index in [2.05, 4.69) is 28.1 Å². The van der Waals surface area contributed by atoms with Crippen molar-refractivity contribution in [1.29, 1.82) is 0 Å². The Morgan fingerprint density at radius 2 is 1.72 bits per heavy atom. The largest absolute Gasteiger partial charge is 0.324 e. The Kier molecular flexibility index (Phi) is 6.39. The van der Waals surface area contributed by atoms with Gasteiger partial charge >= 0.3 is 0 Å². The number of benzene rings is 2. The molecule has 3 rings (SSSR count). The maximum atomic E-state index is 13.8. The lowest BCUT2D eigenvalue weighted by atomic mass is 10.0. The molecule has 0 aromatic heterocycles. The molecule has 0 spiro atoms. The number of anilines is 3. The number of para-hydroxylation sites is 2. The summed E-state index contributed by atoms with van der Waals surface area (Å²) in [5, 5.41) is 7.91. The molecule has 2 aromatic carbocycles. The van der Waals surface area contributed by atoms with Crippen molar-refractivity contribution >= 4 is 34.8 Å². The Bertz CT molecular complexity index is 972. The van der Waals surface area contributed by atoms with Gasteiger partial charge in [0.15, 0.2) is 0 Å². The monoisotopic (exact) mass is 395 g/mol. The molecule has 3 amide bonds. The van der Waals surface area contributed by atoms with Gasteiger partial charge in [0.1, 0.15) is 5.82 Å². The van der Waals surface area contributed by atoms with E-state index in [1.54, 1.807) is 24.3 Å². The zero-order valence-electron chi connectivity index (χ0n) is 16.0. The number of halogens is 1. The van der Waals surface area contributed by atoms with Crippen LogP contribution in [-0.2, 0) is 9.59 Å². The fourth-order valence-electron chi connectivity index (χ4n) is 3.15. The van der Waals surface area contributed by atoms with Crippen LogP contribution in [0.3, 0.4) is 0 Å². The van der Waals surface area contributed by atoms with Crippen LogP contribution in [0.15, 0.2) is 54.6 Å². The summed E-state index contributed by atoms with van der Waals surface area (Å²) < 4.78 is 13.8. The average Bonchev–Trinajstić information content (AvgIpc) is 3.17. The molecule has 6 nitrogen and oxygen atoms in total. The van der Waals surface area contributed by atoms with Gasteiger partial charge in [-0.15, -0.1) is 0 Å². The third-order valence-corrected chi connectivity index (χ3v) is 4.55. The molecule has 1 atom stereocenters. The molecule has 0 bridgehead atoms. The van der Waals surface area contributed by atoms with Gasteiger partial charge in [0, 0.05) is 18.9 Å². The predicted molar refractivity (Wildman–Crippen MR) is 110 cm³/mol. The highest BCUT2D eigenvalue weighted by molar-refractivity contribution is 6.08. The molecular formula is C22H22FN3O3. The molecule has 1 aliphatic rings. The van der Waals surface area contributed by atoms with E-state index in [4.69, 9.17) is 0 Å². The van der Waals surface area contributed by atoms with Gasteiger partial charge in [-0.3, -0.25) is 14.4 Å². The Labute approximate surface area is 168 Å². The van der Waals surface area contributed by atoms with Crippen LogP contribution in [0.1, 0.15) is 36.5 Å². The highest BCUT2D eigenvalue weighted by Gasteiger charge is 2.16. The molecule has 150 valence electrons. The minimum absolute atomic E-state index is 0.0728. The zero-order chi connectivity index (χ0) is 20.8. The first-order chi connectivity index (χ1) is 13.9. The third kappa shape index (κ3) is 5.51. The summed E-state index contributed by atoms with van der Waals surface area (Å²) in [6.07, 6.45) is 6.46. The number of rotatable bonds is 6. The van der Waals surface area contributed by atoms with E-state index in [1.807, 2.05) is 0 Å². The first kappa shape index (κ1) is 20.3. The average molecular weight is 395 g/mol. The summed E-state index contributed by atoms with van der Waals surface area (Å²) in [7, 11) is 0. The van der Waals surface area contributed by atoms with Crippen LogP contribution in [0.2, 0.25) is 0 Å². The number of allylic oxidation sites excluding steroid dienone is 2. The molecule has 0 saturated carbocycles. The molecule has 0 heterocycles. The first-order valence-electron chi connectivity index (χ1n) is 9.36. The fraction of sp³-hybridized carbons (Fsp3) is 0.227. The molecule has 0 saturated heterocycles. The number of nitrogens with one attached hydrogen (secondary N) is 3. The van der Waals surface area contributed by atoms with Crippen molar-refractivity contribution < 1.29 is 18.8 Å². The van der Waals surface area contributed by atoms with Gasteiger partial charge in [-0.2, -0.15) is 0 Å². The molecule has 0 radical (unpaired) electrons. The van der Waals surface area contributed by atoms with E-state index in [-0.39, 0.29) is 23.1 Å². The molecule has 0 aliphatic heterocycles. The van der Waals surface area contributed by atoms with Crippen molar-refractivity contribution in [2.24, 2.45) is 5.92 Å². The Morgan fingerprint density at radius 1 is 1.00 bits per heavy atom. The fourth-order valence-corrected chi connectivity index (χ4v) is 3.15. The lowest BCUT2D eigenvalue weighted by Gasteiger charge is -2.14. The second-order valence-corrected chi connectivity index (χ2v) is 6.89. The summed E-state index contributed by atoms with van der Waals surface area (Å²) in [5.74, 6) is -1.45. The van der Waals surface area contributed by atoms with Gasteiger partial charge in [0.25, 0.3) is 5.91 Å². The minimum Gasteiger partial charge on any atom is -0.324 e. The predicted octanol–water partition coefficient (Wildman–Crippen LogP) is 4.33. The van der Waals surface area contributed by atoms with Crippen LogP contribution in [0, 0.1) is 11.7 Å². The van der Waals surface area contributed by atoms with Crippen molar-refractivity contribution in [3.05, 3.63) is 66.0 Å². The van der Waals surface area contributed by atoms with Crippen molar-refractivity contribution in [2.75, 3.05) is 16.0 Å². The molecule has 2 aromatic rings. The topological polar surface area (TPSA) is 87.3 Å². The Balaban J connectivity index is 1.71. The lowest BCUT2D eigenvalue weighted by Crippen LogP contribution is -2.18. The van der Waals surface area contributed by atoms with Gasteiger partial charge in [-0.1, -0.05) is 24.3 Å². The molecule has 29 heavy (non-hydrogen) atoms. The highest BCUT2D eigenvalue weighted by Crippen LogP contribution is 2.25.